The quantitative estimate of drug-likeness (QED) is 0.701. The van der Waals surface area contributed by atoms with Crippen molar-refractivity contribution in [1.82, 2.24) is 19.5 Å². The highest BCUT2D eigenvalue weighted by Gasteiger charge is 2.14. The third-order valence-corrected chi connectivity index (χ3v) is 3.80. The molecule has 0 fully saturated rings. The highest BCUT2D eigenvalue weighted by atomic mass is 15.3. The van der Waals surface area contributed by atoms with Gasteiger partial charge in [0.05, 0.1) is 17.2 Å². The van der Waals surface area contributed by atoms with Crippen LogP contribution in [0.5, 0.6) is 0 Å². The number of anilines is 1. The minimum atomic E-state index is 0.912. The minimum absolute atomic E-state index is 0.912. The van der Waals surface area contributed by atoms with Crippen LogP contribution in [0.1, 0.15) is 19.0 Å². The number of pyridine rings is 2. The third-order valence-electron chi connectivity index (χ3n) is 3.80. The Hall–Kier alpha value is -2.43. The van der Waals surface area contributed by atoms with Crippen LogP contribution in [-0.2, 0) is 13.5 Å². The fraction of sp³-hybridized carbons (Fsp3) is 0.353. The van der Waals surface area contributed by atoms with Crippen molar-refractivity contribution in [2.24, 2.45) is 7.05 Å². The summed E-state index contributed by atoms with van der Waals surface area (Å²) in [6.45, 7) is 4.09. The zero-order valence-electron chi connectivity index (χ0n) is 13.1. The third kappa shape index (κ3) is 2.93. The van der Waals surface area contributed by atoms with Crippen LogP contribution in [0.2, 0.25) is 0 Å². The molecular weight excluding hydrogens is 274 g/mol. The van der Waals surface area contributed by atoms with E-state index in [4.69, 9.17) is 4.98 Å². The van der Waals surface area contributed by atoms with E-state index in [9.17, 15) is 0 Å². The molecule has 0 aliphatic rings. The van der Waals surface area contributed by atoms with Gasteiger partial charge in [-0.25, -0.2) is 4.98 Å². The Morgan fingerprint density at radius 3 is 2.77 bits per heavy atom. The average molecular weight is 295 g/mol. The van der Waals surface area contributed by atoms with Crippen LogP contribution in [0.4, 0.5) is 5.95 Å². The van der Waals surface area contributed by atoms with Gasteiger partial charge in [0.2, 0.25) is 5.95 Å². The zero-order chi connectivity index (χ0) is 15.4. The van der Waals surface area contributed by atoms with Crippen LogP contribution >= 0.6 is 0 Å². The fourth-order valence-electron chi connectivity index (χ4n) is 2.68. The first kappa shape index (κ1) is 14.5. The predicted molar refractivity (Wildman–Crippen MR) is 89.0 cm³/mol. The van der Waals surface area contributed by atoms with Gasteiger partial charge in [0.25, 0.3) is 0 Å². The maximum absolute atomic E-state index is 4.77. The summed E-state index contributed by atoms with van der Waals surface area (Å²) < 4.78 is 2.12. The molecule has 0 N–H and O–H groups in total. The van der Waals surface area contributed by atoms with Crippen LogP contribution in [-0.4, -0.2) is 32.6 Å². The molecule has 3 aromatic rings. The van der Waals surface area contributed by atoms with E-state index < -0.39 is 0 Å². The molecule has 0 spiro atoms. The average Bonchev–Trinajstić information content (AvgIpc) is 2.90. The van der Waals surface area contributed by atoms with Gasteiger partial charge in [0.15, 0.2) is 0 Å². The van der Waals surface area contributed by atoms with Gasteiger partial charge in [-0.05, 0) is 24.6 Å². The lowest BCUT2D eigenvalue weighted by molar-refractivity contribution is 0.708. The second-order valence-corrected chi connectivity index (χ2v) is 5.39. The van der Waals surface area contributed by atoms with E-state index in [1.807, 2.05) is 30.6 Å². The molecule has 5 nitrogen and oxygen atoms in total. The molecule has 3 aromatic heterocycles. The monoisotopic (exact) mass is 295 g/mol. The SMILES string of the molecule is CCCN(CCc1ccccn1)c1nc2ccncc2n1C. The molecule has 0 amide bonds. The van der Waals surface area contributed by atoms with Gasteiger partial charge in [0.1, 0.15) is 0 Å². The van der Waals surface area contributed by atoms with Crippen LogP contribution < -0.4 is 4.90 Å². The number of nitrogens with zero attached hydrogens (tertiary/aromatic N) is 5. The summed E-state index contributed by atoms with van der Waals surface area (Å²) in [5, 5.41) is 0. The Labute approximate surface area is 130 Å². The molecule has 0 aromatic carbocycles. The topological polar surface area (TPSA) is 46.8 Å². The first-order valence-electron chi connectivity index (χ1n) is 7.71. The summed E-state index contributed by atoms with van der Waals surface area (Å²) >= 11 is 0. The van der Waals surface area contributed by atoms with E-state index in [2.05, 4.69) is 39.5 Å². The summed E-state index contributed by atoms with van der Waals surface area (Å²) in [5.41, 5.74) is 3.17. The largest absolute Gasteiger partial charge is 0.342 e. The van der Waals surface area contributed by atoms with Crippen molar-refractivity contribution in [2.45, 2.75) is 19.8 Å². The van der Waals surface area contributed by atoms with Gasteiger partial charge < -0.3 is 9.47 Å². The first-order chi connectivity index (χ1) is 10.8. The van der Waals surface area contributed by atoms with E-state index in [1.165, 1.54) is 0 Å². The summed E-state index contributed by atoms with van der Waals surface area (Å²) in [4.78, 5) is 15.7. The molecule has 0 saturated heterocycles. The fourth-order valence-corrected chi connectivity index (χ4v) is 2.68. The highest BCUT2D eigenvalue weighted by Crippen LogP contribution is 2.20. The molecule has 0 saturated carbocycles. The van der Waals surface area contributed by atoms with Gasteiger partial charge >= 0.3 is 0 Å². The lowest BCUT2D eigenvalue weighted by Crippen LogP contribution is -2.29. The summed E-state index contributed by atoms with van der Waals surface area (Å²) in [6.07, 6.45) is 7.51. The summed E-state index contributed by atoms with van der Waals surface area (Å²) in [5.74, 6) is 1.00. The molecule has 3 heterocycles. The van der Waals surface area contributed by atoms with Crippen molar-refractivity contribution in [2.75, 3.05) is 18.0 Å². The Morgan fingerprint density at radius 2 is 2.05 bits per heavy atom. The number of aryl methyl sites for hydroxylation is 1. The molecule has 0 atom stereocenters. The number of rotatable bonds is 6. The Kier molecular flexibility index (Phi) is 4.32. The zero-order valence-corrected chi connectivity index (χ0v) is 13.1. The number of hydrogen-bond acceptors (Lipinski definition) is 4. The van der Waals surface area contributed by atoms with Gasteiger partial charge in [0, 0.05) is 44.6 Å². The maximum Gasteiger partial charge on any atom is 0.206 e. The molecule has 22 heavy (non-hydrogen) atoms. The Balaban J connectivity index is 1.84. The van der Waals surface area contributed by atoms with Crippen LogP contribution in [0.15, 0.2) is 42.9 Å². The van der Waals surface area contributed by atoms with Crippen molar-refractivity contribution >= 4 is 17.0 Å². The van der Waals surface area contributed by atoms with Gasteiger partial charge in [-0.15, -0.1) is 0 Å². The molecule has 3 rings (SSSR count). The first-order valence-corrected chi connectivity index (χ1v) is 7.71. The minimum Gasteiger partial charge on any atom is -0.342 e. The molecule has 0 unspecified atom stereocenters. The smallest absolute Gasteiger partial charge is 0.206 e. The number of hydrogen-bond donors (Lipinski definition) is 0. The van der Waals surface area contributed by atoms with Crippen LogP contribution in [0, 0.1) is 0 Å². The van der Waals surface area contributed by atoms with Crippen LogP contribution in [0.3, 0.4) is 0 Å². The van der Waals surface area contributed by atoms with Crippen molar-refractivity contribution in [1.29, 1.82) is 0 Å². The maximum atomic E-state index is 4.77. The molecule has 114 valence electrons. The van der Waals surface area contributed by atoms with Crippen molar-refractivity contribution in [3.63, 3.8) is 0 Å². The summed E-state index contributed by atoms with van der Waals surface area (Å²) in [6, 6.07) is 8.02. The number of fused-ring (bicyclic) bond motifs is 1. The van der Waals surface area contributed by atoms with E-state index >= 15 is 0 Å². The van der Waals surface area contributed by atoms with E-state index in [0.717, 1.165) is 48.6 Å². The van der Waals surface area contributed by atoms with E-state index in [1.54, 1.807) is 6.20 Å². The van der Waals surface area contributed by atoms with Gasteiger partial charge in [-0.2, -0.15) is 0 Å². The number of aromatic nitrogens is 4. The standard InChI is InChI=1S/C17H21N5/c1-3-11-22(12-8-14-6-4-5-9-19-14)17-20-15-7-10-18-13-16(15)21(17)2/h4-7,9-10,13H,3,8,11-12H2,1-2H3. The Bertz CT molecular complexity index is 735. The second-order valence-electron chi connectivity index (χ2n) is 5.39. The van der Waals surface area contributed by atoms with E-state index in [-0.39, 0.29) is 0 Å². The van der Waals surface area contributed by atoms with Gasteiger partial charge in [-0.1, -0.05) is 13.0 Å². The van der Waals surface area contributed by atoms with Crippen LogP contribution in [0.25, 0.3) is 11.0 Å². The van der Waals surface area contributed by atoms with Crippen molar-refractivity contribution < 1.29 is 0 Å². The second kappa shape index (κ2) is 6.56. The predicted octanol–water partition coefficient (Wildman–Crippen LogP) is 2.82. The van der Waals surface area contributed by atoms with E-state index in [0.29, 0.717) is 0 Å². The summed E-state index contributed by atoms with van der Waals surface area (Å²) in [7, 11) is 2.05. The lowest BCUT2D eigenvalue weighted by Gasteiger charge is -2.23. The Morgan fingerprint density at radius 1 is 1.14 bits per heavy atom. The van der Waals surface area contributed by atoms with Gasteiger partial charge in [-0.3, -0.25) is 9.97 Å². The lowest BCUT2D eigenvalue weighted by atomic mass is 10.2. The molecular formula is C17H21N5. The molecule has 0 bridgehead atoms. The molecule has 0 aliphatic heterocycles. The molecule has 0 radical (unpaired) electrons. The molecule has 0 aliphatic carbocycles. The number of imidazole rings is 1. The van der Waals surface area contributed by atoms with Crippen molar-refractivity contribution in [3.8, 4) is 0 Å². The van der Waals surface area contributed by atoms with Crippen molar-refractivity contribution in [3.05, 3.63) is 48.5 Å². The highest BCUT2D eigenvalue weighted by molar-refractivity contribution is 5.77. The molecule has 5 heteroatoms. The normalized spacial score (nSPS) is 11.0.